The van der Waals surface area contributed by atoms with E-state index in [0.717, 1.165) is 12.8 Å². The van der Waals surface area contributed by atoms with Crippen LogP contribution in [0.1, 0.15) is 23.2 Å². The van der Waals surface area contributed by atoms with Crippen LogP contribution in [0.5, 0.6) is 11.5 Å². The van der Waals surface area contributed by atoms with E-state index in [0.29, 0.717) is 6.54 Å². The Morgan fingerprint density at radius 3 is 2.53 bits per heavy atom. The summed E-state index contributed by atoms with van der Waals surface area (Å²) in [7, 11) is 0. The number of aliphatic hydroxyl groups excluding tert-OH is 1. The van der Waals surface area contributed by atoms with Gasteiger partial charge in [-0.05, 0) is 25.0 Å². The lowest BCUT2D eigenvalue weighted by atomic mass is 10.1. The number of hydrogen-bond donors (Lipinski definition) is 3. The molecule has 0 aliphatic carbocycles. The highest BCUT2D eigenvalue weighted by Gasteiger charge is 2.29. The molecule has 0 radical (unpaired) electrons. The molecule has 5 heteroatoms. The van der Waals surface area contributed by atoms with Crippen LogP contribution in [0, 0.1) is 0 Å². The molecule has 92 valence electrons. The molecule has 1 amide bonds. The van der Waals surface area contributed by atoms with Crippen molar-refractivity contribution in [3.63, 3.8) is 0 Å². The Labute approximate surface area is 98.9 Å². The number of hydrogen-bond acceptors (Lipinski definition) is 4. The van der Waals surface area contributed by atoms with Crippen LogP contribution >= 0.6 is 0 Å². The topological polar surface area (TPSA) is 81.0 Å². The van der Waals surface area contributed by atoms with Gasteiger partial charge in [-0.3, -0.25) is 4.79 Å². The van der Waals surface area contributed by atoms with Crippen LogP contribution in [-0.4, -0.2) is 45.3 Å². The van der Waals surface area contributed by atoms with Crippen molar-refractivity contribution in [1.29, 1.82) is 0 Å². The summed E-state index contributed by atoms with van der Waals surface area (Å²) in [5, 5.41) is 27.8. The molecule has 0 saturated carbocycles. The molecule has 1 heterocycles. The van der Waals surface area contributed by atoms with Gasteiger partial charge in [-0.25, -0.2) is 0 Å². The summed E-state index contributed by atoms with van der Waals surface area (Å²) in [6.45, 7) is 0.539. The van der Waals surface area contributed by atoms with Gasteiger partial charge in [0.1, 0.15) is 11.5 Å². The molecule has 0 aromatic heterocycles. The summed E-state index contributed by atoms with van der Waals surface area (Å²) < 4.78 is 0. The first kappa shape index (κ1) is 11.7. The lowest BCUT2D eigenvalue weighted by Gasteiger charge is -2.23. The predicted molar refractivity (Wildman–Crippen MR) is 60.9 cm³/mol. The van der Waals surface area contributed by atoms with Gasteiger partial charge >= 0.3 is 0 Å². The fourth-order valence-corrected chi connectivity index (χ4v) is 2.18. The summed E-state index contributed by atoms with van der Waals surface area (Å²) in [5.41, 5.74) is 0.239. The number of phenolic OH excluding ortho intramolecular Hbond substituents is 2. The number of rotatable bonds is 2. The zero-order valence-corrected chi connectivity index (χ0v) is 9.33. The average molecular weight is 237 g/mol. The van der Waals surface area contributed by atoms with Crippen molar-refractivity contribution in [3.8, 4) is 11.5 Å². The van der Waals surface area contributed by atoms with Crippen molar-refractivity contribution in [2.24, 2.45) is 0 Å². The maximum Gasteiger partial charge on any atom is 0.254 e. The third kappa shape index (κ3) is 2.34. The zero-order chi connectivity index (χ0) is 12.4. The third-order valence-corrected chi connectivity index (χ3v) is 3.00. The van der Waals surface area contributed by atoms with E-state index in [1.807, 2.05) is 0 Å². The van der Waals surface area contributed by atoms with Gasteiger partial charge in [0.05, 0.1) is 12.6 Å². The van der Waals surface area contributed by atoms with Gasteiger partial charge in [0.25, 0.3) is 5.91 Å². The summed E-state index contributed by atoms with van der Waals surface area (Å²) in [6.07, 6.45) is 1.65. The highest BCUT2D eigenvalue weighted by Crippen LogP contribution is 2.24. The molecule has 1 atom stereocenters. The minimum absolute atomic E-state index is 0.0590. The van der Waals surface area contributed by atoms with Crippen LogP contribution in [0.15, 0.2) is 18.2 Å². The maximum absolute atomic E-state index is 12.1. The molecule has 1 saturated heterocycles. The van der Waals surface area contributed by atoms with Crippen LogP contribution < -0.4 is 0 Å². The lowest BCUT2D eigenvalue weighted by molar-refractivity contribution is 0.0677. The molecule has 2 rings (SSSR count). The minimum atomic E-state index is -0.271. The molecule has 17 heavy (non-hydrogen) atoms. The number of nitrogens with zero attached hydrogens (tertiary/aromatic N) is 1. The second-order valence-corrected chi connectivity index (χ2v) is 4.22. The number of likely N-dealkylation sites (tertiary alicyclic amines) is 1. The molecule has 3 N–H and O–H groups in total. The monoisotopic (exact) mass is 237 g/mol. The van der Waals surface area contributed by atoms with Crippen molar-refractivity contribution in [2.45, 2.75) is 18.9 Å². The number of aliphatic hydroxyl groups is 1. The number of phenols is 2. The highest BCUT2D eigenvalue weighted by molar-refractivity contribution is 5.95. The fraction of sp³-hybridized carbons (Fsp3) is 0.417. The first-order chi connectivity index (χ1) is 8.11. The van der Waals surface area contributed by atoms with E-state index in [4.69, 9.17) is 5.11 Å². The van der Waals surface area contributed by atoms with Crippen LogP contribution in [0.3, 0.4) is 0 Å². The number of carbonyl (C=O) groups is 1. The van der Waals surface area contributed by atoms with Crippen LogP contribution in [0.2, 0.25) is 0 Å². The maximum atomic E-state index is 12.1. The lowest BCUT2D eigenvalue weighted by Crippen LogP contribution is -2.37. The number of amides is 1. The molecule has 0 spiro atoms. The van der Waals surface area contributed by atoms with Gasteiger partial charge in [0.15, 0.2) is 0 Å². The van der Waals surface area contributed by atoms with E-state index in [-0.39, 0.29) is 35.6 Å². The molecule has 1 aromatic carbocycles. The van der Waals surface area contributed by atoms with Gasteiger partial charge in [0.2, 0.25) is 0 Å². The van der Waals surface area contributed by atoms with Crippen molar-refractivity contribution in [2.75, 3.05) is 13.2 Å². The average Bonchev–Trinajstić information content (AvgIpc) is 2.74. The minimum Gasteiger partial charge on any atom is -0.508 e. The number of carbonyl (C=O) groups excluding carboxylic acids is 1. The normalized spacial score (nSPS) is 19.6. The predicted octanol–water partition coefficient (Wildman–Crippen LogP) is 0.695. The second kappa shape index (κ2) is 4.63. The van der Waals surface area contributed by atoms with E-state index in [1.54, 1.807) is 4.90 Å². The van der Waals surface area contributed by atoms with Gasteiger partial charge in [0, 0.05) is 18.2 Å². The molecule has 1 fully saturated rings. The summed E-state index contributed by atoms with van der Waals surface area (Å²) in [4.78, 5) is 13.7. The van der Waals surface area contributed by atoms with E-state index in [1.165, 1.54) is 18.2 Å². The van der Waals surface area contributed by atoms with Crippen LogP contribution in [-0.2, 0) is 0 Å². The largest absolute Gasteiger partial charge is 0.508 e. The van der Waals surface area contributed by atoms with Gasteiger partial charge in [-0.1, -0.05) is 0 Å². The molecule has 1 aliphatic rings. The van der Waals surface area contributed by atoms with Crippen LogP contribution in [0.25, 0.3) is 0 Å². The number of aromatic hydroxyl groups is 2. The molecular formula is C12H15NO4. The number of benzene rings is 1. The summed E-state index contributed by atoms with van der Waals surface area (Å²) in [6, 6.07) is 3.64. The molecular weight excluding hydrogens is 222 g/mol. The van der Waals surface area contributed by atoms with E-state index in [2.05, 4.69) is 0 Å². The Morgan fingerprint density at radius 1 is 1.29 bits per heavy atom. The fourth-order valence-electron chi connectivity index (χ4n) is 2.18. The van der Waals surface area contributed by atoms with Gasteiger partial charge < -0.3 is 20.2 Å². The van der Waals surface area contributed by atoms with E-state index in [9.17, 15) is 15.0 Å². The molecule has 1 aromatic rings. The van der Waals surface area contributed by atoms with Crippen molar-refractivity contribution < 1.29 is 20.1 Å². The van der Waals surface area contributed by atoms with Gasteiger partial charge in [-0.15, -0.1) is 0 Å². The quantitative estimate of drug-likeness (QED) is 0.707. The van der Waals surface area contributed by atoms with Crippen molar-refractivity contribution in [3.05, 3.63) is 23.8 Å². The van der Waals surface area contributed by atoms with Crippen LogP contribution in [0.4, 0.5) is 0 Å². The molecule has 1 aliphatic heterocycles. The van der Waals surface area contributed by atoms with E-state index < -0.39 is 0 Å². The van der Waals surface area contributed by atoms with E-state index >= 15 is 0 Å². The van der Waals surface area contributed by atoms with Gasteiger partial charge in [-0.2, -0.15) is 0 Å². The third-order valence-electron chi connectivity index (χ3n) is 3.00. The second-order valence-electron chi connectivity index (χ2n) is 4.22. The van der Waals surface area contributed by atoms with Crippen molar-refractivity contribution in [1.82, 2.24) is 4.90 Å². The summed E-state index contributed by atoms with van der Waals surface area (Å²) in [5.74, 6) is -0.561. The Balaban J connectivity index is 2.24. The first-order valence-corrected chi connectivity index (χ1v) is 5.56. The van der Waals surface area contributed by atoms with Crippen molar-refractivity contribution >= 4 is 5.91 Å². The molecule has 5 nitrogen and oxygen atoms in total. The molecule has 0 bridgehead atoms. The summed E-state index contributed by atoms with van der Waals surface area (Å²) >= 11 is 0. The Kier molecular flexibility index (Phi) is 3.19. The first-order valence-electron chi connectivity index (χ1n) is 5.56. The molecule has 0 unspecified atom stereocenters. The highest BCUT2D eigenvalue weighted by atomic mass is 16.3. The standard InChI is InChI=1S/C12H15NO4/c14-7-9-2-1-3-13(9)12(17)8-4-10(15)6-11(16)5-8/h4-6,9,14-16H,1-3,7H2/t9-/m1/s1. The Bertz CT molecular complexity index is 412. The SMILES string of the molecule is O=C(c1cc(O)cc(O)c1)N1CCC[C@@H]1CO. The Morgan fingerprint density at radius 2 is 1.94 bits per heavy atom. The Hall–Kier alpha value is -1.75. The zero-order valence-electron chi connectivity index (χ0n) is 9.33. The smallest absolute Gasteiger partial charge is 0.254 e.